The van der Waals surface area contributed by atoms with Crippen LogP contribution in [-0.2, 0) is 4.79 Å². The molecule has 0 spiro atoms. The third kappa shape index (κ3) is 3.57. The van der Waals surface area contributed by atoms with Crippen molar-refractivity contribution in [1.82, 2.24) is 5.32 Å². The van der Waals surface area contributed by atoms with Crippen LogP contribution in [0, 0.1) is 5.82 Å². The highest BCUT2D eigenvalue weighted by atomic mass is 35.5. The van der Waals surface area contributed by atoms with E-state index in [1.54, 1.807) is 6.07 Å². The van der Waals surface area contributed by atoms with Crippen molar-refractivity contribution in [3.05, 3.63) is 64.9 Å². The van der Waals surface area contributed by atoms with E-state index in [0.29, 0.717) is 5.69 Å². The lowest BCUT2D eigenvalue weighted by Crippen LogP contribution is -2.34. The first kappa shape index (κ1) is 14.9. The highest BCUT2D eigenvalue weighted by molar-refractivity contribution is 6.31. The summed E-state index contributed by atoms with van der Waals surface area (Å²) in [6.45, 7) is 0. The first-order chi connectivity index (χ1) is 10.6. The van der Waals surface area contributed by atoms with Crippen molar-refractivity contribution in [2.75, 3.05) is 5.32 Å². The average molecular weight is 319 g/mol. The fourth-order valence-corrected chi connectivity index (χ4v) is 2.39. The Labute approximate surface area is 133 Å². The van der Waals surface area contributed by atoms with Crippen molar-refractivity contribution in [2.24, 2.45) is 0 Å². The van der Waals surface area contributed by atoms with Crippen LogP contribution in [-0.4, -0.2) is 11.9 Å². The third-order valence-electron chi connectivity index (χ3n) is 3.55. The van der Waals surface area contributed by atoms with Crippen LogP contribution in [0.15, 0.2) is 48.5 Å². The lowest BCUT2D eigenvalue weighted by atomic mass is 10.1. The number of amides is 1. The fourth-order valence-electron chi connectivity index (χ4n) is 2.21. The molecule has 1 atom stereocenters. The number of carbonyl (C=O) groups is 1. The molecule has 2 aromatic rings. The minimum absolute atomic E-state index is 0.0272. The molecule has 0 heterocycles. The van der Waals surface area contributed by atoms with Crippen LogP contribution in [0.25, 0.3) is 0 Å². The first-order valence-electron chi connectivity index (χ1n) is 7.20. The van der Waals surface area contributed by atoms with Gasteiger partial charge >= 0.3 is 0 Å². The van der Waals surface area contributed by atoms with Gasteiger partial charge in [-0.3, -0.25) is 4.79 Å². The van der Waals surface area contributed by atoms with E-state index >= 15 is 0 Å². The van der Waals surface area contributed by atoms with Gasteiger partial charge in [-0.2, -0.15) is 0 Å². The van der Waals surface area contributed by atoms with Gasteiger partial charge in [-0.1, -0.05) is 41.9 Å². The summed E-state index contributed by atoms with van der Waals surface area (Å²) < 4.78 is 13.3. The molecule has 0 saturated heterocycles. The first-order valence-corrected chi connectivity index (χ1v) is 7.58. The Kier molecular flexibility index (Phi) is 4.29. The Morgan fingerprint density at radius 1 is 1.18 bits per heavy atom. The Bertz CT molecular complexity index is 674. The maximum atomic E-state index is 13.3. The molecule has 0 bridgehead atoms. The molecule has 114 valence electrons. The highest BCUT2D eigenvalue weighted by Gasteiger charge is 2.28. The topological polar surface area (TPSA) is 41.1 Å². The van der Waals surface area contributed by atoms with Crippen molar-refractivity contribution in [3.63, 3.8) is 0 Å². The summed E-state index contributed by atoms with van der Waals surface area (Å²) in [5.41, 5.74) is 1.45. The SMILES string of the molecule is O=C(NC1CC1)[C@H](Nc1ccc(F)c(Cl)c1)c1ccccc1. The lowest BCUT2D eigenvalue weighted by Gasteiger charge is -2.20. The van der Waals surface area contributed by atoms with Crippen LogP contribution >= 0.6 is 11.6 Å². The Morgan fingerprint density at radius 3 is 2.55 bits per heavy atom. The average Bonchev–Trinajstić information content (AvgIpc) is 3.33. The van der Waals surface area contributed by atoms with Gasteiger partial charge in [0.1, 0.15) is 11.9 Å². The molecule has 2 N–H and O–H groups in total. The van der Waals surface area contributed by atoms with E-state index in [1.807, 2.05) is 30.3 Å². The maximum absolute atomic E-state index is 13.3. The number of nitrogens with one attached hydrogen (secondary N) is 2. The molecule has 5 heteroatoms. The van der Waals surface area contributed by atoms with Crippen LogP contribution < -0.4 is 10.6 Å². The van der Waals surface area contributed by atoms with E-state index < -0.39 is 11.9 Å². The van der Waals surface area contributed by atoms with Crippen molar-refractivity contribution in [1.29, 1.82) is 0 Å². The van der Waals surface area contributed by atoms with Gasteiger partial charge in [0, 0.05) is 11.7 Å². The van der Waals surface area contributed by atoms with Crippen molar-refractivity contribution in [2.45, 2.75) is 24.9 Å². The van der Waals surface area contributed by atoms with Crippen molar-refractivity contribution >= 4 is 23.2 Å². The van der Waals surface area contributed by atoms with E-state index in [1.165, 1.54) is 12.1 Å². The maximum Gasteiger partial charge on any atom is 0.247 e. The fraction of sp³-hybridized carbons (Fsp3) is 0.235. The van der Waals surface area contributed by atoms with Crippen LogP contribution in [0.5, 0.6) is 0 Å². The molecule has 2 aromatic carbocycles. The number of hydrogen-bond acceptors (Lipinski definition) is 2. The zero-order chi connectivity index (χ0) is 15.5. The number of carbonyl (C=O) groups excluding carboxylic acids is 1. The van der Waals surface area contributed by atoms with E-state index in [2.05, 4.69) is 10.6 Å². The summed E-state index contributed by atoms with van der Waals surface area (Å²) in [7, 11) is 0. The largest absolute Gasteiger partial charge is 0.370 e. The molecule has 1 aliphatic carbocycles. The molecule has 3 rings (SSSR count). The monoisotopic (exact) mass is 318 g/mol. The van der Waals surface area contributed by atoms with Gasteiger partial charge in [0.05, 0.1) is 5.02 Å². The molecule has 0 aliphatic heterocycles. The van der Waals surface area contributed by atoms with E-state index in [0.717, 1.165) is 18.4 Å². The van der Waals surface area contributed by atoms with Gasteiger partial charge in [-0.25, -0.2) is 4.39 Å². The van der Waals surface area contributed by atoms with E-state index in [4.69, 9.17) is 11.6 Å². The quantitative estimate of drug-likeness (QED) is 0.877. The van der Waals surface area contributed by atoms with Crippen LogP contribution in [0.4, 0.5) is 10.1 Å². The molecule has 22 heavy (non-hydrogen) atoms. The number of anilines is 1. The predicted molar refractivity (Wildman–Crippen MR) is 85.4 cm³/mol. The van der Waals surface area contributed by atoms with Gasteiger partial charge < -0.3 is 10.6 Å². The van der Waals surface area contributed by atoms with Crippen LogP contribution in [0.1, 0.15) is 24.4 Å². The second-order valence-electron chi connectivity index (χ2n) is 5.40. The number of hydrogen-bond donors (Lipinski definition) is 2. The summed E-state index contributed by atoms with van der Waals surface area (Å²) in [5.74, 6) is -0.569. The molecule has 1 fully saturated rings. The molecule has 1 saturated carbocycles. The summed E-state index contributed by atoms with van der Waals surface area (Å²) >= 11 is 5.80. The zero-order valence-corrected chi connectivity index (χ0v) is 12.6. The standard InChI is InChI=1S/C17H16ClFN2O/c18-14-10-13(8-9-15(14)19)20-16(11-4-2-1-3-5-11)17(22)21-12-6-7-12/h1-5,8-10,12,16,20H,6-7H2,(H,21,22)/t16-/m1/s1. The summed E-state index contributed by atoms with van der Waals surface area (Å²) in [6.07, 6.45) is 2.05. The number of halogens is 2. The van der Waals surface area contributed by atoms with Gasteiger partial charge in [0.15, 0.2) is 0 Å². The molecule has 3 nitrogen and oxygen atoms in total. The van der Waals surface area contributed by atoms with Crippen LogP contribution in [0.2, 0.25) is 5.02 Å². The Balaban J connectivity index is 1.83. The van der Waals surface area contributed by atoms with Gasteiger partial charge in [-0.15, -0.1) is 0 Å². The molecule has 0 radical (unpaired) electrons. The summed E-state index contributed by atoms with van der Waals surface area (Å²) in [5, 5.41) is 6.15. The molecule has 0 unspecified atom stereocenters. The number of benzene rings is 2. The van der Waals surface area contributed by atoms with Crippen molar-refractivity contribution < 1.29 is 9.18 Å². The lowest BCUT2D eigenvalue weighted by molar-refractivity contribution is -0.122. The molecular weight excluding hydrogens is 303 g/mol. The minimum Gasteiger partial charge on any atom is -0.370 e. The van der Waals surface area contributed by atoms with Crippen molar-refractivity contribution in [3.8, 4) is 0 Å². The number of rotatable bonds is 5. The Morgan fingerprint density at radius 2 is 1.91 bits per heavy atom. The normalized spacial score (nSPS) is 15.2. The third-order valence-corrected chi connectivity index (χ3v) is 3.84. The Hall–Kier alpha value is -2.07. The second-order valence-corrected chi connectivity index (χ2v) is 5.81. The summed E-state index contributed by atoms with van der Waals surface area (Å²) in [6, 6.07) is 13.5. The van der Waals surface area contributed by atoms with Crippen LogP contribution in [0.3, 0.4) is 0 Å². The van der Waals surface area contributed by atoms with E-state index in [9.17, 15) is 9.18 Å². The smallest absolute Gasteiger partial charge is 0.247 e. The minimum atomic E-state index is -0.539. The van der Waals surface area contributed by atoms with E-state index in [-0.39, 0.29) is 17.0 Å². The zero-order valence-electron chi connectivity index (χ0n) is 11.9. The second kappa shape index (κ2) is 6.36. The predicted octanol–water partition coefficient (Wildman–Crippen LogP) is 3.91. The van der Waals surface area contributed by atoms with Gasteiger partial charge in [0.25, 0.3) is 0 Å². The molecule has 0 aromatic heterocycles. The molecular formula is C17H16ClFN2O. The molecule has 1 aliphatic rings. The summed E-state index contributed by atoms with van der Waals surface area (Å²) in [4.78, 5) is 12.5. The van der Waals surface area contributed by atoms with Gasteiger partial charge in [0.2, 0.25) is 5.91 Å². The van der Waals surface area contributed by atoms with Gasteiger partial charge in [-0.05, 0) is 36.6 Å². The molecule has 1 amide bonds. The highest BCUT2D eigenvalue weighted by Crippen LogP contribution is 2.26.